The van der Waals surface area contributed by atoms with Crippen LogP contribution in [0.25, 0.3) is 0 Å². The van der Waals surface area contributed by atoms with Crippen LogP contribution >= 0.6 is 15.9 Å². The molecule has 2 nitrogen and oxygen atoms in total. The molecule has 1 saturated carbocycles. The Bertz CT molecular complexity index is 286. The fourth-order valence-electron chi connectivity index (χ4n) is 3.30. The van der Waals surface area contributed by atoms with Gasteiger partial charge in [0.15, 0.2) is 0 Å². The summed E-state index contributed by atoms with van der Waals surface area (Å²) in [5, 5.41) is 0. The van der Waals surface area contributed by atoms with Gasteiger partial charge in [0, 0.05) is 23.3 Å². The molecule has 0 N–H and O–H groups in total. The minimum Gasteiger partial charge on any atom is -0.298 e. The molecule has 0 radical (unpaired) electrons. The molecule has 1 saturated heterocycles. The number of Topliss-reactive ketones (excluding diaryl/α,β-unsaturated/α-hetero) is 1. The monoisotopic (exact) mass is 315 g/mol. The molecule has 0 amide bonds. The number of piperidine rings is 1. The van der Waals surface area contributed by atoms with Crippen LogP contribution in [0.1, 0.15) is 52.4 Å². The molecule has 2 atom stereocenters. The van der Waals surface area contributed by atoms with Crippen molar-refractivity contribution in [1.29, 1.82) is 0 Å². The van der Waals surface area contributed by atoms with Crippen LogP contribution in [0.4, 0.5) is 0 Å². The normalized spacial score (nSPS) is 38.6. The Morgan fingerprint density at radius 2 is 1.78 bits per heavy atom. The van der Waals surface area contributed by atoms with Crippen LogP contribution in [-0.4, -0.2) is 34.6 Å². The summed E-state index contributed by atoms with van der Waals surface area (Å²) in [6, 6.07) is 0.595. The molecular formula is C15H26BrNO. The van der Waals surface area contributed by atoms with Gasteiger partial charge in [-0.15, -0.1) is 0 Å². The molecule has 2 rings (SSSR count). The van der Waals surface area contributed by atoms with E-state index in [0.717, 1.165) is 25.3 Å². The summed E-state index contributed by atoms with van der Waals surface area (Å²) in [5.74, 6) is 1.59. The van der Waals surface area contributed by atoms with Crippen LogP contribution in [0.15, 0.2) is 0 Å². The number of alkyl halides is 1. The highest BCUT2D eigenvalue weighted by molar-refractivity contribution is 9.09. The van der Waals surface area contributed by atoms with Gasteiger partial charge in [-0.05, 0) is 51.4 Å². The van der Waals surface area contributed by atoms with E-state index < -0.39 is 0 Å². The standard InChI is InChI=1S/C15H26BrNO/c1-11-3-4-12(2)17(9-11)10-15(18)13-5-7-14(16)8-6-13/h11-14H,3-10H2,1-2H3. The number of carbonyl (C=O) groups is 1. The molecule has 18 heavy (non-hydrogen) atoms. The van der Waals surface area contributed by atoms with E-state index in [-0.39, 0.29) is 0 Å². The van der Waals surface area contributed by atoms with Crippen molar-refractivity contribution < 1.29 is 4.79 Å². The van der Waals surface area contributed by atoms with Crippen LogP contribution in [-0.2, 0) is 4.79 Å². The summed E-state index contributed by atoms with van der Waals surface area (Å²) in [6.07, 6.45) is 7.09. The average molecular weight is 316 g/mol. The number of hydrogen-bond donors (Lipinski definition) is 0. The maximum absolute atomic E-state index is 12.4. The van der Waals surface area contributed by atoms with E-state index in [1.807, 2.05) is 0 Å². The van der Waals surface area contributed by atoms with E-state index in [2.05, 4.69) is 34.7 Å². The SMILES string of the molecule is CC1CCC(C)N(CC(=O)C2CCC(Br)CC2)C1. The summed E-state index contributed by atoms with van der Waals surface area (Å²) >= 11 is 3.66. The molecule has 2 aliphatic rings. The third kappa shape index (κ3) is 3.80. The Morgan fingerprint density at radius 1 is 1.11 bits per heavy atom. The van der Waals surface area contributed by atoms with Gasteiger partial charge in [-0.3, -0.25) is 9.69 Å². The maximum Gasteiger partial charge on any atom is 0.149 e. The second-order valence-electron chi connectivity index (χ2n) is 6.38. The fourth-order valence-corrected chi connectivity index (χ4v) is 3.83. The van der Waals surface area contributed by atoms with Crippen molar-refractivity contribution in [1.82, 2.24) is 4.90 Å². The van der Waals surface area contributed by atoms with Gasteiger partial charge in [0.2, 0.25) is 0 Å². The van der Waals surface area contributed by atoms with E-state index >= 15 is 0 Å². The third-order valence-electron chi connectivity index (χ3n) is 4.72. The highest BCUT2D eigenvalue weighted by Crippen LogP contribution is 2.30. The number of rotatable bonds is 3. The first-order chi connectivity index (χ1) is 8.56. The zero-order chi connectivity index (χ0) is 13.1. The first-order valence-corrected chi connectivity index (χ1v) is 8.38. The van der Waals surface area contributed by atoms with E-state index in [4.69, 9.17) is 0 Å². The summed E-state index contributed by atoms with van der Waals surface area (Å²) in [6.45, 7) is 6.39. The van der Waals surface area contributed by atoms with Crippen molar-refractivity contribution in [2.45, 2.75) is 63.2 Å². The number of nitrogens with zero attached hydrogens (tertiary/aromatic N) is 1. The highest BCUT2D eigenvalue weighted by Gasteiger charge is 2.29. The average Bonchev–Trinajstić information content (AvgIpc) is 2.34. The van der Waals surface area contributed by atoms with E-state index in [9.17, 15) is 4.79 Å². The van der Waals surface area contributed by atoms with Crippen LogP contribution in [0.5, 0.6) is 0 Å². The molecule has 0 bridgehead atoms. The van der Waals surface area contributed by atoms with Gasteiger partial charge in [-0.1, -0.05) is 22.9 Å². The molecule has 1 heterocycles. The minimum atomic E-state index is 0.336. The number of carbonyl (C=O) groups excluding carboxylic acids is 1. The lowest BCUT2D eigenvalue weighted by Gasteiger charge is -2.37. The molecule has 0 spiro atoms. The molecule has 1 aliphatic carbocycles. The van der Waals surface area contributed by atoms with Gasteiger partial charge in [-0.25, -0.2) is 0 Å². The van der Waals surface area contributed by atoms with Gasteiger partial charge in [0.05, 0.1) is 6.54 Å². The quantitative estimate of drug-likeness (QED) is 0.741. The lowest BCUT2D eigenvalue weighted by molar-refractivity contribution is -0.126. The number of ketones is 1. The molecular weight excluding hydrogens is 290 g/mol. The molecule has 1 aliphatic heterocycles. The molecule has 2 fully saturated rings. The molecule has 2 unspecified atom stereocenters. The topological polar surface area (TPSA) is 20.3 Å². The maximum atomic E-state index is 12.4. The Morgan fingerprint density at radius 3 is 2.44 bits per heavy atom. The highest BCUT2D eigenvalue weighted by atomic mass is 79.9. The molecule has 0 aromatic heterocycles. The van der Waals surface area contributed by atoms with Gasteiger partial charge in [-0.2, -0.15) is 0 Å². The number of halogens is 1. The lowest BCUT2D eigenvalue weighted by atomic mass is 9.85. The molecule has 104 valence electrons. The van der Waals surface area contributed by atoms with Gasteiger partial charge < -0.3 is 0 Å². The van der Waals surface area contributed by atoms with Gasteiger partial charge >= 0.3 is 0 Å². The van der Waals surface area contributed by atoms with E-state index in [1.165, 1.54) is 25.7 Å². The Labute approximate surface area is 120 Å². The largest absolute Gasteiger partial charge is 0.298 e. The van der Waals surface area contributed by atoms with Crippen molar-refractivity contribution in [3.05, 3.63) is 0 Å². The molecule has 0 aromatic rings. The molecule has 0 aromatic carbocycles. The van der Waals surface area contributed by atoms with Crippen LogP contribution in [0.2, 0.25) is 0 Å². The molecule has 3 heteroatoms. The van der Waals surface area contributed by atoms with E-state index in [0.29, 0.717) is 29.1 Å². The smallest absolute Gasteiger partial charge is 0.149 e. The van der Waals surface area contributed by atoms with Gasteiger partial charge in [0.25, 0.3) is 0 Å². The third-order valence-corrected chi connectivity index (χ3v) is 5.63. The predicted molar refractivity (Wildman–Crippen MR) is 79.1 cm³/mol. The van der Waals surface area contributed by atoms with Crippen molar-refractivity contribution >= 4 is 21.7 Å². The summed E-state index contributed by atoms with van der Waals surface area (Å²) in [4.78, 5) is 15.4. The summed E-state index contributed by atoms with van der Waals surface area (Å²) in [5.41, 5.74) is 0. The summed E-state index contributed by atoms with van der Waals surface area (Å²) in [7, 11) is 0. The Hall–Kier alpha value is 0.110. The predicted octanol–water partition coefficient (Wildman–Crippen LogP) is 3.63. The fraction of sp³-hybridized carbons (Fsp3) is 0.933. The van der Waals surface area contributed by atoms with Crippen molar-refractivity contribution in [2.24, 2.45) is 11.8 Å². The van der Waals surface area contributed by atoms with Crippen LogP contribution in [0.3, 0.4) is 0 Å². The lowest BCUT2D eigenvalue weighted by Crippen LogP contribution is -2.45. The van der Waals surface area contributed by atoms with Crippen molar-refractivity contribution in [3.8, 4) is 0 Å². The Balaban J connectivity index is 1.82. The first-order valence-electron chi connectivity index (χ1n) is 7.47. The zero-order valence-electron chi connectivity index (χ0n) is 11.7. The number of hydrogen-bond acceptors (Lipinski definition) is 2. The second-order valence-corrected chi connectivity index (χ2v) is 7.67. The van der Waals surface area contributed by atoms with Crippen molar-refractivity contribution in [3.63, 3.8) is 0 Å². The zero-order valence-corrected chi connectivity index (χ0v) is 13.3. The van der Waals surface area contributed by atoms with E-state index in [1.54, 1.807) is 0 Å². The first kappa shape index (κ1) is 14.5. The Kier molecular flexibility index (Phi) is 5.25. The second kappa shape index (κ2) is 6.51. The van der Waals surface area contributed by atoms with Gasteiger partial charge in [0.1, 0.15) is 5.78 Å². The number of likely N-dealkylation sites (tertiary alicyclic amines) is 1. The van der Waals surface area contributed by atoms with Crippen LogP contribution in [0, 0.1) is 11.8 Å². The summed E-state index contributed by atoms with van der Waals surface area (Å²) < 4.78 is 0. The van der Waals surface area contributed by atoms with Crippen LogP contribution < -0.4 is 0 Å². The minimum absolute atomic E-state index is 0.336. The van der Waals surface area contributed by atoms with Crippen molar-refractivity contribution in [2.75, 3.05) is 13.1 Å².